The third-order valence-electron chi connectivity index (χ3n) is 4.69. The SMILES string of the molecule is CCC/C=C(\Oc1ccc(C(=N)N)cc1F)c1ccc(CN(CC(=O)O)C(=O)N/C(=C/C(=O)O)C(=O)O)s1. The van der Waals surface area contributed by atoms with Gasteiger partial charge in [0, 0.05) is 10.4 Å². The number of allylic oxidation sites excluding steroid dienone is 1. The number of carbonyl (C=O) groups is 4. The molecule has 14 heteroatoms. The minimum Gasteiger partial charge on any atom is -0.480 e. The van der Waals surface area contributed by atoms with Gasteiger partial charge in [0.1, 0.15) is 23.8 Å². The number of nitrogen functional groups attached to an aromatic ring is 1. The lowest BCUT2D eigenvalue weighted by Gasteiger charge is -2.20. The van der Waals surface area contributed by atoms with Crippen molar-refractivity contribution in [2.24, 2.45) is 5.73 Å². The molecule has 0 unspecified atom stereocenters. The number of nitrogens with one attached hydrogen (secondary N) is 2. The molecule has 1 aromatic carbocycles. The maximum Gasteiger partial charge on any atom is 0.352 e. The molecule has 2 aromatic rings. The minimum absolute atomic E-state index is 0.106. The molecule has 0 spiro atoms. The van der Waals surface area contributed by atoms with Crippen LogP contribution in [-0.4, -0.2) is 56.5 Å². The molecular formula is C24H25FN4O8S. The molecule has 0 aliphatic carbocycles. The summed E-state index contributed by atoms with van der Waals surface area (Å²) in [6.45, 7) is 0.871. The monoisotopic (exact) mass is 548 g/mol. The lowest BCUT2D eigenvalue weighted by molar-refractivity contribution is -0.137. The van der Waals surface area contributed by atoms with Gasteiger partial charge in [-0.1, -0.05) is 13.3 Å². The molecule has 0 fully saturated rings. The van der Waals surface area contributed by atoms with Crippen LogP contribution in [0.4, 0.5) is 9.18 Å². The first-order chi connectivity index (χ1) is 17.9. The molecular weight excluding hydrogens is 523 g/mol. The Balaban J connectivity index is 2.30. The Labute approximate surface area is 220 Å². The van der Waals surface area contributed by atoms with Crippen molar-refractivity contribution in [3.8, 4) is 5.75 Å². The first kappa shape index (κ1) is 29.5. The summed E-state index contributed by atoms with van der Waals surface area (Å²) in [5.74, 6) is -5.55. The Morgan fingerprint density at radius 2 is 1.89 bits per heavy atom. The van der Waals surface area contributed by atoms with Gasteiger partial charge in [-0.15, -0.1) is 11.3 Å². The zero-order valence-corrected chi connectivity index (χ0v) is 20.9. The van der Waals surface area contributed by atoms with E-state index in [2.05, 4.69) is 0 Å². The third-order valence-corrected chi connectivity index (χ3v) is 5.77. The summed E-state index contributed by atoms with van der Waals surface area (Å²) in [6, 6.07) is 5.93. The minimum atomic E-state index is -1.72. The van der Waals surface area contributed by atoms with Crippen molar-refractivity contribution in [3.63, 3.8) is 0 Å². The van der Waals surface area contributed by atoms with Crippen molar-refractivity contribution in [1.82, 2.24) is 10.2 Å². The second kappa shape index (κ2) is 13.5. The van der Waals surface area contributed by atoms with Crippen LogP contribution in [0.5, 0.6) is 5.75 Å². The molecule has 0 bridgehead atoms. The molecule has 12 nitrogen and oxygen atoms in total. The molecule has 7 N–H and O–H groups in total. The Morgan fingerprint density at radius 1 is 1.18 bits per heavy atom. The molecule has 0 saturated carbocycles. The van der Waals surface area contributed by atoms with Crippen molar-refractivity contribution in [2.45, 2.75) is 26.3 Å². The number of nitrogens with zero attached hydrogens (tertiary/aromatic N) is 1. The van der Waals surface area contributed by atoms with Crippen molar-refractivity contribution in [2.75, 3.05) is 6.54 Å². The van der Waals surface area contributed by atoms with Crippen molar-refractivity contribution < 1.29 is 43.6 Å². The van der Waals surface area contributed by atoms with Crippen molar-refractivity contribution in [1.29, 1.82) is 5.41 Å². The number of amides is 2. The quantitative estimate of drug-likeness (QED) is 0.0940. The number of halogens is 1. The van der Waals surface area contributed by atoms with Crippen LogP contribution in [-0.2, 0) is 20.9 Å². The number of urea groups is 1. The second-order valence-corrected chi connectivity index (χ2v) is 8.83. The van der Waals surface area contributed by atoms with Gasteiger partial charge >= 0.3 is 23.9 Å². The van der Waals surface area contributed by atoms with Crippen molar-refractivity contribution >= 4 is 46.9 Å². The fourth-order valence-electron chi connectivity index (χ4n) is 2.95. The standard InChI is InChI=1S/C24H25FN4O8S/c1-2-3-4-18(37-17-7-5-13(22(26)27)9-15(17)25)19-8-6-14(38-19)11-29(12-21(32)33)24(36)28-16(23(34)35)10-20(30)31/h4-10H,2-3,11-12H2,1H3,(H3,26,27)(H,28,36)(H,30,31)(H,32,33)(H,34,35)/b16-10+,18-4-. The Hall–Kier alpha value is -4.72. The van der Waals surface area contributed by atoms with E-state index in [4.69, 9.17) is 26.1 Å². The lowest BCUT2D eigenvalue weighted by Crippen LogP contribution is -2.43. The normalized spacial score (nSPS) is 11.5. The zero-order valence-electron chi connectivity index (χ0n) is 20.1. The van der Waals surface area contributed by atoms with Gasteiger partial charge in [-0.2, -0.15) is 0 Å². The third kappa shape index (κ3) is 8.74. The van der Waals surface area contributed by atoms with Gasteiger partial charge in [-0.05, 0) is 42.8 Å². The van der Waals surface area contributed by atoms with Gasteiger partial charge in [-0.3, -0.25) is 10.2 Å². The summed E-state index contributed by atoms with van der Waals surface area (Å²) in [7, 11) is 0. The summed E-state index contributed by atoms with van der Waals surface area (Å²) >= 11 is 1.12. The Bertz CT molecular complexity index is 1300. The predicted molar refractivity (Wildman–Crippen MR) is 135 cm³/mol. The number of benzene rings is 1. The summed E-state index contributed by atoms with van der Waals surface area (Å²) < 4.78 is 20.3. The summed E-state index contributed by atoms with van der Waals surface area (Å²) in [4.78, 5) is 47.7. The van der Waals surface area contributed by atoms with Gasteiger partial charge in [0.2, 0.25) is 0 Å². The van der Waals surface area contributed by atoms with Crippen LogP contribution < -0.4 is 15.8 Å². The molecule has 0 saturated heterocycles. The first-order valence-corrected chi connectivity index (χ1v) is 11.8. The first-order valence-electron chi connectivity index (χ1n) is 11.0. The number of ether oxygens (including phenoxy) is 1. The number of hydrogen-bond donors (Lipinski definition) is 6. The average Bonchev–Trinajstić information content (AvgIpc) is 3.29. The highest BCUT2D eigenvalue weighted by molar-refractivity contribution is 7.13. The largest absolute Gasteiger partial charge is 0.480 e. The van der Waals surface area contributed by atoms with Crippen LogP contribution in [0.25, 0.3) is 5.76 Å². The molecule has 202 valence electrons. The molecule has 2 rings (SSSR count). The molecule has 0 aliphatic heterocycles. The van der Waals surface area contributed by atoms with E-state index in [9.17, 15) is 28.7 Å². The number of carboxylic acids is 3. The van der Waals surface area contributed by atoms with E-state index in [-0.39, 0.29) is 29.8 Å². The number of carboxylic acid groups (broad SMARTS) is 3. The van der Waals surface area contributed by atoms with Crippen LogP contribution in [0, 0.1) is 11.2 Å². The van der Waals surface area contributed by atoms with E-state index in [0.717, 1.165) is 28.7 Å². The van der Waals surface area contributed by atoms with Gasteiger partial charge in [0.25, 0.3) is 0 Å². The summed E-state index contributed by atoms with van der Waals surface area (Å²) in [5.41, 5.74) is 4.63. The molecule has 0 radical (unpaired) electrons. The van der Waals surface area contributed by atoms with Gasteiger partial charge < -0.3 is 36.0 Å². The summed E-state index contributed by atoms with van der Waals surface area (Å²) in [5, 5.41) is 36.4. The number of nitrogens with two attached hydrogens (primary N) is 1. The fraction of sp³-hybridized carbons (Fsp3) is 0.208. The molecule has 1 aromatic heterocycles. The number of thiophene rings is 1. The van der Waals surface area contributed by atoms with Crippen LogP contribution in [0.15, 0.2) is 48.2 Å². The molecule has 0 aliphatic rings. The van der Waals surface area contributed by atoms with E-state index >= 15 is 0 Å². The predicted octanol–water partition coefficient (Wildman–Crippen LogP) is 3.04. The van der Waals surface area contributed by atoms with Crippen LogP contribution in [0.1, 0.15) is 35.1 Å². The van der Waals surface area contributed by atoms with E-state index < -0.39 is 42.0 Å². The van der Waals surface area contributed by atoms with Gasteiger partial charge in [0.15, 0.2) is 11.6 Å². The second-order valence-electron chi connectivity index (χ2n) is 7.67. The number of carbonyl (C=O) groups excluding carboxylic acids is 1. The van der Waals surface area contributed by atoms with Gasteiger partial charge in [0.05, 0.1) is 17.5 Å². The van der Waals surface area contributed by atoms with Crippen LogP contribution in [0.2, 0.25) is 0 Å². The highest BCUT2D eigenvalue weighted by atomic mass is 32.1. The molecule has 2 amide bonds. The highest BCUT2D eigenvalue weighted by Gasteiger charge is 2.22. The van der Waals surface area contributed by atoms with Crippen molar-refractivity contribution in [3.05, 3.63) is 69.3 Å². The molecule has 38 heavy (non-hydrogen) atoms. The molecule has 1 heterocycles. The fourth-order valence-corrected chi connectivity index (χ4v) is 3.95. The highest BCUT2D eigenvalue weighted by Crippen LogP contribution is 2.30. The number of aliphatic carboxylic acids is 3. The number of hydrogen-bond acceptors (Lipinski definition) is 7. The Morgan fingerprint density at radius 3 is 2.45 bits per heavy atom. The van der Waals surface area contributed by atoms with E-state index in [1.807, 2.05) is 12.2 Å². The van der Waals surface area contributed by atoms with Crippen LogP contribution >= 0.6 is 11.3 Å². The number of amidine groups is 1. The number of unbranched alkanes of at least 4 members (excludes halogenated alkanes) is 1. The zero-order chi connectivity index (χ0) is 28.4. The van der Waals surface area contributed by atoms with E-state index in [1.54, 1.807) is 18.2 Å². The molecule has 0 atom stereocenters. The Kier molecular flexibility index (Phi) is 10.5. The topological polar surface area (TPSA) is 203 Å². The van der Waals surface area contributed by atoms with E-state index in [0.29, 0.717) is 21.9 Å². The lowest BCUT2D eigenvalue weighted by atomic mass is 10.2. The van der Waals surface area contributed by atoms with Gasteiger partial charge in [-0.25, -0.2) is 18.8 Å². The smallest absolute Gasteiger partial charge is 0.352 e. The van der Waals surface area contributed by atoms with E-state index in [1.165, 1.54) is 12.1 Å². The maximum absolute atomic E-state index is 14.5. The average molecular weight is 549 g/mol. The summed E-state index contributed by atoms with van der Waals surface area (Å²) in [6.07, 6.45) is 3.37. The number of rotatable bonds is 13. The van der Waals surface area contributed by atoms with Crippen LogP contribution in [0.3, 0.4) is 0 Å². The maximum atomic E-state index is 14.5.